The number of ether oxygens (including phenoxy) is 4. The van der Waals surface area contributed by atoms with Crippen molar-refractivity contribution in [2.75, 3.05) is 11.5 Å². The minimum Gasteiger partial charge on any atom is -0.829 e. The SMILES string of the molecule is CC(=O)N(c1ccc([N+](=O)[O-])cc1)[C@@H]1[C@@H](OCc2ccccc2)[C@H](OCc2ccccc2)[C@@H](COCc2ccccc2)O[C@@H]1[O-]. The highest BCUT2D eigenvalue weighted by molar-refractivity contribution is 5.92. The second-order valence-electron chi connectivity index (χ2n) is 10.7. The number of carbonyl (C=O) groups excluding carboxylic acids is 1. The largest absolute Gasteiger partial charge is 0.829 e. The lowest BCUT2D eigenvalue weighted by atomic mass is 9.94. The first-order valence-electron chi connectivity index (χ1n) is 14.7. The number of nitro benzene ring substituents is 1. The van der Waals surface area contributed by atoms with Crippen LogP contribution in [0, 0.1) is 10.1 Å². The zero-order valence-corrected chi connectivity index (χ0v) is 24.8. The van der Waals surface area contributed by atoms with Gasteiger partial charge in [-0.3, -0.25) is 14.9 Å². The maximum absolute atomic E-state index is 13.9. The Morgan fingerprint density at radius 3 is 1.73 bits per heavy atom. The lowest BCUT2D eigenvalue weighted by Crippen LogP contribution is -2.69. The van der Waals surface area contributed by atoms with Crippen molar-refractivity contribution in [1.29, 1.82) is 0 Å². The predicted molar refractivity (Wildman–Crippen MR) is 165 cm³/mol. The Bertz CT molecular complexity index is 1510. The van der Waals surface area contributed by atoms with E-state index in [-0.39, 0.29) is 25.5 Å². The zero-order valence-electron chi connectivity index (χ0n) is 24.8. The van der Waals surface area contributed by atoms with Crippen LogP contribution in [-0.2, 0) is 43.6 Å². The molecule has 4 aromatic carbocycles. The highest BCUT2D eigenvalue weighted by atomic mass is 16.7. The van der Waals surface area contributed by atoms with Crippen LogP contribution in [-0.4, -0.2) is 48.1 Å². The molecule has 0 aromatic heterocycles. The van der Waals surface area contributed by atoms with E-state index in [0.29, 0.717) is 12.3 Å². The molecule has 10 heteroatoms. The molecular formula is C35H35N2O8-. The molecule has 10 nitrogen and oxygen atoms in total. The number of amides is 1. The van der Waals surface area contributed by atoms with Crippen LogP contribution in [0.2, 0.25) is 0 Å². The maximum atomic E-state index is 13.9. The van der Waals surface area contributed by atoms with Gasteiger partial charge in [-0.1, -0.05) is 91.0 Å². The van der Waals surface area contributed by atoms with Gasteiger partial charge >= 0.3 is 0 Å². The predicted octanol–water partition coefficient (Wildman–Crippen LogP) is 4.79. The van der Waals surface area contributed by atoms with Crippen molar-refractivity contribution >= 4 is 17.3 Å². The first-order chi connectivity index (χ1) is 21.9. The highest BCUT2D eigenvalue weighted by Crippen LogP contribution is 2.33. The third-order valence-corrected chi connectivity index (χ3v) is 7.55. The third kappa shape index (κ3) is 8.39. The Morgan fingerprint density at radius 1 is 0.756 bits per heavy atom. The molecule has 5 atom stereocenters. The van der Waals surface area contributed by atoms with Gasteiger partial charge in [0.1, 0.15) is 18.3 Å². The summed E-state index contributed by atoms with van der Waals surface area (Å²) in [6, 6.07) is 33.0. The molecular weight excluding hydrogens is 576 g/mol. The Hall–Kier alpha value is -4.45. The summed E-state index contributed by atoms with van der Waals surface area (Å²) in [5.74, 6) is -0.452. The zero-order chi connectivity index (χ0) is 31.6. The van der Waals surface area contributed by atoms with Crippen molar-refractivity contribution in [1.82, 2.24) is 0 Å². The van der Waals surface area contributed by atoms with E-state index in [1.54, 1.807) is 0 Å². The number of nitro groups is 1. The third-order valence-electron chi connectivity index (χ3n) is 7.55. The van der Waals surface area contributed by atoms with E-state index in [0.717, 1.165) is 16.7 Å². The van der Waals surface area contributed by atoms with Gasteiger partial charge in [0.2, 0.25) is 5.91 Å². The van der Waals surface area contributed by atoms with Crippen molar-refractivity contribution in [3.63, 3.8) is 0 Å². The molecule has 1 fully saturated rings. The van der Waals surface area contributed by atoms with E-state index < -0.39 is 41.5 Å². The molecule has 4 aromatic rings. The van der Waals surface area contributed by atoms with E-state index in [1.807, 2.05) is 91.0 Å². The van der Waals surface area contributed by atoms with Crippen molar-refractivity contribution in [2.45, 2.75) is 57.4 Å². The smallest absolute Gasteiger partial charge is 0.269 e. The van der Waals surface area contributed by atoms with Crippen LogP contribution >= 0.6 is 0 Å². The Labute approximate surface area is 261 Å². The minimum atomic E-state index is -1.74. The summed E-state index contributed by atoms with van der Waals surface area (Å²) in [7, 11) is 0. The number of nitrogens with zero attached hydrogens (tertiary/aromatic N) is 2. The number of anilines is 1. The van der Waals surface area contributed by atoms with Gasteiger partial charge in [-0.2, -0.15) is 0 Å². The van der Waals surface area contributed by atoms with Gasteiger partial charge in [-0.15, -0.1) is 0 Å². The van der Waals surface area contributed by atoms with Crippen LogP contribution in [0.1, 0.15) is 23.6 Å². The van der Waals surface area contributed by atoms with Gasteiger partial charge in [-0.05, 0) is 28.8 Å². The molecule has 0 bridgehead atoms. The molecule has 234 valence electrons. The van der Waals surface area contributed by atoms with Crippen molar-refractivity contribution < 1.29 is 33.8 Å². The van der Waals surface area contributed by atoms with Gasteiger partial charge in [0.05, 0.1) is 37.4 Å². The summed E-state index contributed by atoms with van der Waals surface area (Å²) < 4.78 is 25.1. The number of non-ortho nitro benzene ring substituents is 1. The average molecular weight is 612 g/mol. The van der Waals surface area contributed by atoms with Crippen LogP contribution < -0.4 is 10.0 Å². The molecule has 1 amide bonds. The standard InChI is InChI=1S/C35H35N2O8/c1-25(38)36(29-17-19-30(20-18-29)37(40)41)32-34(44-23-28-15-9-4-10-16-28)33(43-22-27-13-7-3-8-14-27)31(45-35(32)39)24-42-21-26-11-5-2-6-12-26/h2-20,31-35H,21-24H2,1H3/q-1/t31-,32-,33-,34-,35+/m1/s1. The maximum Gasteiger partial charge on any atom is 0.269 e. The second-order valence-corrected chi connectivity index (χ2v) is 10.7. The van der Waals surface area contributed by atoms with E-state index in [2.05, 4.69) is 0 Å². The molecule has 1 aliphatic rings. The van der Waals surface area contributed by atoms with Gasteiger partial charge < -0.3 is 29.0 Å². The Morgan fingerprint density at radius 2 is 1.24 bits per heavy atom. The number of rotatable bonds is 13. The molecule has 5 rings (SSSR count). The minimum absolute atomic E-state index is 0.0443. The summed E-state index contributed by atoms with van der Waals surface area (Å²) >= 11 is 0. The van der Waals surface area contributed by atoms with Crippen LogP contribution in [0.4, 0.5) is 11.4 Å². The summed E-state index contributed by atoms with van der Waals surface area (Å²) in [6.07, 6.45) is -4.33. The van der Waals surface area contributed by atoms with Crippen molar-refractivity contribution in [3.8, 4) is 0 Å². The average Bonchev–Trinajstić information content (AvgIpc) is 3.06. The van der Waals surface area contributed by atoms with Gasteiger partial charge in [0.15, 0.2) is 0 Å². The van der Waals surface area contributed by atoms with Gasteiger partial charge in [0.25, 0.3) is 5.69 Å². The lowest BCUT2D eigenvalue weighted by Gasteiger charge is -2.52. The fraction of sp³-hybridized carbons (Fsp3) is 0.286. The van der Waals surface area contributed by atoms with E-state index in [1.165, 1.54) is 36.1 Å². The number of hydrogen-bond donors (Lipinski definition) is 0. The van der Waals surface area contributed by atoms with E-state index in [4.69, 9.17) is 18.9 Å². The normalized spacial score (nSPS) is 21.2. The number of carbonyl (C=O) groups is 1. The summed E-state index contributed by atoms with van der Waals surface area (Å²) in [4.78, 5) is 25.3. The van der Waals surface area contributed by atoms with Crippen LogP contribution in [0.25, 0.3) is 0 Å². The van der Waals surface area contributed by atoms with Gasteiger partial charge in [0, 0.05) is 31.0 Å². The monoisotopic (exact) mass is 611 g/mol. The summed E-state index contributed by atoms with van der Waals surface area (Å²) in [5, 5.41) is 25.2. The first kappa shape index (κ1) is 32.0. The molecule has 1 heterocycles. The first-order valence-corrected chi connectivity index (χ1v) is 14.7. The molecule has 0 spiro atoms. The summed E-state index contributed by atoms with van der Waals surface area (Å²) in [5.41, 5.74) is 2.90. The van der Waals surface area contributed by atoms with Gasteiger partial charge in [-0.25, -0.2) is 0 Å². The molecule has 1 saturated heterocycles. The second kappa shape index (κ2) is 15.5. The van der Waals surface area contributed by atoms with Crippen LogP contribution in [0.5, 0.6) is 0 Å². The van der Waals surface area contributed by atoms with E-state index >= 15 is 0 Å². The fourth-order valence-electron chi connectivity index (χ4n) is 5.39. The molecule has 0 saturated carbocycles. The number of hydrogen-bond acceptors (Lipinski definition) is 8. The van der Waals surface area contributed by atoms with Crippen LogP contribution in [0.3, 0.4) is 0 Å². The molecule has 0 unspecified atom stereocenters. The molecule has 1 aliphatic heterocycles. The van der Waals surface area contributed by atoms with Crippen molar-refractivity contribution in [2.24, 2.45) is 0 Å². The quantitative estimate of drug-likeness (QED) is 0.156. The molecule has 0 aliphatic carbocycles. The molecule has 45 heavy (non-hydrogen) atoms. The molecule has 0 N–H and O–H groups in total. The fourth-order valence-corrected chi connectivity index (χ4v) is 5.39. The Kier molecular flexibility index (Phi) is 11.0. The Balaban J connectivity index is 1.48. The highest BCUT2D eigenvalue weighted by Gasteiger charge is 2.47. The topological polar surface area (TPSA) is 123 Å². The van der Waals surface area contributed by atoms with E-state index in [9.17, 15) is 20.0 Å². The summed E-state index contributed by atoms with van der Waals surface area (Å²) in [6.45, 7) is 2.02. The van der Waals surface area contributed by atoms with Crippen molar-refractivity contribution in [3.05, 3.63) is 142 Å². The number of benzene rings is 4. The molecule has 0 radical (unpaired) electrons. The van der Waals surface area contributed by atoms with Crippen LogP contribution in [0.15, 0.2) is 115 Å². The lowest BCUT2D eigenvalue weighted by molar-refractivity contribution is -0.519.